The molecule has 1 unspecified atom stereocenters. The van der Waals surface area contributed by atoms with E-state index in [1.165, 1.54) is 0 Å². The summed E-state index contributed by atoms with van der Waals surface area (Å²) in [5.74, 6) is 0. The molecule has 3 N–H and O–H groups in total. The largest absolute Gasteiger partial charge is 0.388 e. The highest BCUT2D eigenvalue weighted by Gasteiger charge is 2.42. The highest BCUT2D eigenvalue weighted by molar-refractivity contribution is 5.13. The van der Waals surface area contributed by atoms with Crippen LogP contribution < -0.4 is 0 Å². The summed E-state index contributed by atoms with van der Waals surface area (Å²) < 4.78 is 10.5. The number of benzene rings is 1. The van der Waals surface area contributed by atoms with Crippen molar-refractivity contribution in [1.29, 1.82) is 0 Å². The van der Waals surface area contributed by atoms with Gasteiger partial charge in [0.1, 0.15) is 18.3 Å². The van der Waals surface area contributed by atoms with E-state index in [-0.39, 0.29) is 6.61 Å². The molecule has 5 heteroatoms. The van der Waals surface area contributed by atoms with E-state index in [1.54, 1.807) is 6.92 Å². The van der Waals surface area contributed by atoms with Crippen LogP contribution in [0.3, 0.4) is 0 Å². The van der Waals surface area contributed by atoms with E-state index < -0.39 is 30.7 Å². The van der Waals surface area contributed by atoms with E-state index in [2.05, 4.69) is 0 Å². The topological polar surface area (TPSA) is 79.2 Å². The Balaban J connectivity index is 1.98. The van der Waals surface area contributed by atoms with Gasteiger partial charge in [0.25, 0.3) is 0 Å². The van der Waals surface area contributed by atoms with E-state index in [0.29, 0.717) is 0 Å². The highest BCUT2D eigenvalue weighted by atomic mass is 16.6. The minimum atomic E-state index is -1.33. The van der Waals surface area contributed by atoms with Gasteiger partial charge in [-0.3, -0.25) is 0 Å². The maximum atomic E-state index is 9.88. The van der Waals surface area contributed by atoms with Gasteiger partial charge in [-0.15, -0.1) is 0 Å². The lowest BCUT2D eigenvalue weighted by Gasteiger charge is -2.39. The molecule has 1 aromatic carbocycles. The Kier molecular flexibility index (Phi) is 4.31. The van der Waals surface area contributed by atoms with Gasteiger partial charge < -0.3 is 24.8 Å². The van der Waals surface area contributed by atoms with Crippen molar-refractivity contribution in [3.63, 3.8) is 0 Å². The van der Waals surface area contributed by atoms with Gasteiger partial charge in [0.2, 0.25) is 0 Å². The smallest absolute Gasteiger partial charge is 0.183 e. The van der Waals surface area contributed by atoms with Gasteiger partial charge in [0.15, 0.2) is 6.29 Å². The fourth-order valence-corrected chi connectivity index (χ4v) is 1.98. The number of hydrogen-bond acceptors (Lipinski definition) is 5. The van der Waals surface area contributed by atoms with Crippen LogP contribution in [0.25, 0.3) is 0 Å². The molecule has 1 aliphatic heterocycles. The van der Waals surface area contributed by atoms with Crippen LogP contribution in [0.1, 0.15) is 12.5 Å². The first-order valence-electron chi connectivity index (χ1n) is 5.95. The zero-order valence-corrected chi connectivity index (χ0v) is 10.1. The zero-order chi connectivity index (χ0) is 13.1. The third kappa shape index (κ3) is 2.88. The molecule has 18 heavy (non-hydrogen) atoms. The van der Waals surface area contributed by atoms with E-state index in [0.717, 1.165) is 5.56 Å². The third-order valence-electron chi connectivity index (χ3n) is 3.09. The lowest BCUT2D eigenvalue weighted by atomic mass is 10.00. The van der Waals surface area contributed by atoms with Crippen molar-refractivity contribution in [3.8, 4) is 0 Å². The summed E-state index contributed by atoms with van der Waals surface area (Å²) in [5, 5.41) is 29.1. The lowest BCUT2D eigenvalue weighted by Crippen LogP contribution is -2.57. The summed E-state index contributed by atoms with van der Waals surface area (Å²) in [4.78, 5) is 0. The molecular weight excluding hydrogens is 236 g/mol. The van der Waals surface area contributed by atoms with Gasteiger partial charge in [-0.1, -0.05) is 30.3 Å². The third-order valence-corrected chi connectivity index (χ3v) is 3.09. The van der Waals surface area contributed by atoms with Crippen LogP contribution in [0.4, 0.5) is 0 Å². The van der Waals surface area contributed by atoms with E-state index in [4.69, 9.17) is 9.47 Å². The monoisotopic (exact) mass is 254 g/mol. The van der Waals surface area contributed by atoms with Gasteiger partial charge in [0.05, 0.1) is 12.7 Å². The highest BCUT2D eigenvalue weighted by Crippen LogP contribution is 2.23. The first-order chi connectivity index (χ1) is 8.59. The first-order valence-corrected chi connectivity index (χ1v) is 5.95. The van der Waals surface area contributed by atoms with E-state index >= 15 is 0 Å². The Morgan fingerprint density at radius 1 is 1.11 bits per heavy atom. The number of aliphatic hydroxyl groups is 3. The maximum absolute atomic E-state index is 9.88. The molecule has 5 nitrogen and oxygen atoms in total. The predicted molar refractivity (Wildman–Crippen MR) is 63.6 cm³/mol. The molecule has 0 saturated carbocycles. The molecule has 1 saturated heterocycles. The molecule has 0 radical (unpaired) electrons. The maximum Gasteiger partial charge on any atom is 0.183 e. The van der Waals surface area contributed by atoms with Crippen LogP contribution in [-0.2, 0) is 16.1 Å². The molecule has 1 fully saturated rings. The van der Waals surface area contributed by atoms with Crippen molar-refractivity contribution >= 4 is 0 Å². The van der Waals surface area contributed by atoms with Crippen molar-refractivity contribution in [2.75, 3.05) is 0 Å². The normalized spacial score (nSPS) is 36.6. The minimum Gasteiger partial charge on any atom is -0.388 e. The molecule has 0 aromatic heterocycles. The number of aliphatic hydroxyl groups excluding tert-OH is 3. The van der Waals surface area contributed by atoms with Crippen LogP contribution in [-0.4, -0.2) is 46.0 Å². The van der Waals surface area contributed by atoms with Crippen LogP contribution in [0.5, 0.6) is 0 Å². The Hall–Kier alpha value is -0.980. The Morgan fingerprint density at radius 2 is 1.78 bits per heavy atom. The minimum absolute atomic E-state index is 0.263. The average Bonchev–Trinajstić information content (AvgIpc) is 2.38. The molecule has 0 aliphatic carbocycles. The van der Waals surface area contributed by atoms with Crippen LogP contribution >= 0.6 is 0 Å². The van der Waals surface area contributed by atoms with Crippen molar-refractivity contribution < 1.29 is 24.8 Å². The summed E-state index contributed by atoms with van der Waals surface area (Å²) in [6, 6.07) is 9.43. The van der Waals surface area contributed by atoms with E-state index in [1.807, 2.05) is 30.3 Å². The summed E-state index contributed by atoms with van der Waals surface area (Å²) in [7, 11) is 0. The average molecular weight is 254 g/mol. The van der Waals surface area contributed by atoms with Crippen molar-refractivity contribution in [2.45, 2.75) is 44.2 Å². The van der Waals surface area contributed by atoms with Crippen LogP contribution in [0.15, 0.2) is 30.3 Å². The SMILES string of the molecule is C[C@H]1OC(O)[C@H](O)[C@@H](OCc2ccccc2)[C@H]1O. The van der Waals surface area contributed by atoms with Gasteiger partial charge in [-0.05, 0) is 12.5 Å². The van der Waals surface area contributed by atoms with Gasteiger partial charge in [-0.2, -0.15) is 0 Å². The number of hydrogen-bond donors (Lipinski definition) is 3. The number of ether oxygens (including phenoxy) is 2. The molecule has 0 spiro atoms. The second kappa shape index (κ2) is 5.77. The molecule has 0 bridgehead atoms. The Labute approximate surface area is 106 Å². The Morgan fingerprint density at radius 3 is 2.44 bits per heavy atom. The summed E-state index contributed by atoms with van der Waals surface area (Å²) in [6.07, 6.45) is -4.98. The first kappa shape index (κ1) is 13.5. The lowest BCUT2D eigenvalue weighted by molar-refractivity contribution is -0.287. The van der Waals surface area contributed by atoms with Crippen LogP contribution in [0.2, 0.25) is 0 Å². The molecule has 1 heterocycles. The molecule has 1 aromatic rings. The molecule has 0 amide bonds. The van der Waals surface area contributed by atoms with Gasteiger partial charge >= 0.3 is 0 Å². The predicted octanol–water partition coefficient (Wildman–Crippen LogP) is 0.0307. The molecular formula is C13H18O5. The molecule has 1 aliphatic rings. The summed E-state index contributed by atoms with van der Waals surface area (Å²) in [5.41, 5.74) is 0.936. The van der Waals surface area contributed by atoms with Gasteiger partial charge in [-0.25, -0.2) is 0 Å². The van der Waals surface area contributed by atoms with Gasteiger partial charge in [0, 0.05) is 0 Å². The molecule has 2 rings (SSSR count). The molecule has 5 atom stereocenters. The van der Waals surface area contributed by atoms with Crippen LogP contribution in [0, 0.1) is 0 Å². The Bertz CT molecular complexity index is 355. The van der Waals surface area contributed by atoms with Crippen molar-refractivity contribution in [3.05, 3.63) is 35.9 Å². The quantitative estimate of drug-likeness (QED) is 0.709. The van der Waals surface area contributed by atoms with Crippen molar-refractivity contribution in [2.24, 2.45) is 0 Å². The fraction of sp³-hybridized carbons (Fsp3) is 0.538. The second-order valence-corrected chi connectivity index (χ2v) is 4.47. The number of rotatable bonds is 3. The summed E-state index contributed by atoms with van der Waals surface area (Å²) >= 11 is 0. The van der Waals surface area contributed by atoms with Crippen molar-refractivity contribution in [1.82, 2.24) is 0 Å². The zero-order valence-electron chi connectivity index (χ0n) is 10.1. The standard InChI is InChI=1S/C13H18O5/c1-8-10(14)12(11(15)13(16)18-8)17-7-9-5-3-2-4-6-9/h2-6,8,10-16H,7H2,1H3/t8-,10+,11-,12+,13?/m1/s1. The summed E-state index contributed by atoms with van der Waals surface area (Å²) in [6.45, 7) is 1.89. The fourth-order valence-electron chi connectivity index (χ4n) is 1.98. The molecule has 100 valence electrons. The van der Waals surface area contributed by atoms with E-state index in [9.17, 15) is 15.3 Å². The second-order valence-electron chi connectivity index (χ2n) is 4.47.